The molecular weight excluding hydrogens is 349 g/mol. The lowest BCUT2D eigenvalue weighted by Crippen LogP contribution is -2.40. The predicted octanol–water partition coefficient (Wildman–Crippen LogP) is 1.53. The molecule has 0 heterocycles. The van der Waals surface area contributed by atoms with Crippen molar-refractivity contribution in [2.45, 2.75) is 26.1 Å². The van der Waals surface area contributed by atoms with Gasteiger partial charge in [0.15, 0.2) is 6.10 Å². The van der Waals surface area contributed by atoms with E-state index in [0.29, 0.717) is 0 Å². The largest absolute Gasteiger partial charge is 0.480 e. The van der Waals surface area contributed by atoms with Crippen molar-refractivity contribution in [3.8, 4) is 5.75 Å². The minimum Gasteiger partial charge on any atom is -0.480 e. The Kier molecular flexibility index (Phi) is 7.03. The van der Waals surface area contributed by atoms with Crippen LogP contribution >= 0.6 is 0 Å². The van der Waals surface area contributed by atoms with E-state index in [4.69, 9.17) is 4.74 Å². The predicted molar refractivity (Wildman–Crippen MR) is 82.0 cm³/mol. The first kappa shape index (κ1) is 20.2. The van der Waals surface area contributed by atoms with Gasteiger partial charge in [0, 0.05) is 13.1 Å². The van der Waals surface area contributed by atoms with Crippen LogP contribution in [0.1, 0.15) is 19.4 Å². The van der Waals surface area contributed by atoms with E-state index in [2.05, 4.69) is 10.0 Å². The van der Waals surface area contributed by atoms with Gasteiger partial charge in [0.25, 0.3) is 5.91 Å². The number of sulfonamides is 1. The molecule has 0 fully saturated rings. The zero-order valence-electron chi connectivity index (χ0n) is 13.2. The van der Waals surface area contributed by atoms with Crippen molar-refractivity contribution in [2.75, 3.05) is 18.8 Å². The van der Waals surface area contributed by atoms with Gasteiger partial charge in [-0.1, -0.05) is 19.1 Å². The summed E-state index contributed by atoms with van der Waals surface area (Å²) in [4.78, 5) is 11.8. The Bertz CT molecular complexity index is 662. The molecule has 10 heteroatoms. The second kappa shape index (κ2) is 8.34. The first-order valence-electron chi connectivity index (χ1n) is 7.14. The smallest absolute Gasteiger partial charge is 0.419 e. The molecule has 1 amide bonds. The third-order valence-electron chi connectivity index (χ3n) is 2.90. The quantitative estimate of drug-likeness (QED) is 0.729. The summed E-state index contributed by atoms with van der Waals surface area (Å²) in [6, 6.07) is 4.54. The zero-order chi connectivity index (χ0) is 18.4. The number of hydrogen-bond donors (Lipinski definition) is 2. The van der Waals surface area contributed by atoms with Crippen molar-refractivity contribution in [2.24, 2.45) is 0 Å². The van der Waals surface area contributed by atoms with Crippen LogP contribution in [-0.4, -0.2) is 39.3 Å². The van der Waals surface area contributed by atoms with E-state index in [1.54, 1.807) is 6.92 Å². The molecular formula is C14H19F3N2O4S. The van der Waals surface area contributed by atoms with E-state index in [0.717, 1.165) is 12.1 Å². The molecule has 0 radical (unpaired) electrons. The van der Waals surface area contributed by atoms with E-state index in [1.807, 2.05) is 0 Å². The van der Waals surface area contributed by atoms with Crippen LogP contribution in [0, 0.1) is 0 Å². The highest BCUT2D eigenvalue weighted by Gasteiger charge is 2.34. The van der Waals surface area contributed by atoms with Gasteiger partial charge in [0.05, 0.1) is 11.3 Å². The maximum atomic E-state index is 12.9. The number of rotatable bonds is 8. The molecule has 0 aliphatic heterocycles. The SMILES string of the molecule is CCNS(=O)(=O)CCNC(=O)C(C)Oc1ccccc1C(F)(F)F. The molecule has 1 atom stereocenters. The van der Waals surface area contributed by atoms with Crippen LogP contribution in [0.15, 0.2) is 24.3 Å². The van der Waals surface area contributed by atoms with Crippen LogP contribution in [0.25, 0.3) is 0 Å². The summed E-state index contributed by atoms with van der Waals surface area (Å²) in [5.74, 6) is -1.51. The second-order valence-corrected chi connectivity index (χ2v) is 6.79. The molecule has 0 aliphatic rings. The minimum atomic E-state index is -4.60. The standard InChI is InChI=1S/C14H19F3N2O4S/c1-3-19-24(21,22)9-8-18-13(20)10(2)23-12-7-5-4-6-11(12)14(15,16)17/h4-7,10,19H,3,8-9H2,1-2H3,(H,18,20). The van der Waals surface area contributed by atoms with Crippen LogP contribution in [0.4, 0.5) is 13.2 Å². The lowest BCUT2D eigenvalue weighted by atomic mass is 10.2. The number of nitrogens with one attached hydrogen (secondary N) is 2. The van der Waals surface area contributed by atoms with Gasteiger partial charge in [-0.15, -0.1) is 0 Å². The molecule has 2 N–H and O–H groups in total. The highest BCUT2D eigenvalue weighted by atomic mass is 32.2. The van der Waals surface area contributed by atoms with Crippen molar-refractivity contribution in [3.63, 3.8) is 0 Å². The fourth-order valence-electron chi connectivity index (χ4n) is 1.79. The van der Waals surface area contributed by atoms with Gasteiger partial charge >= 0.3 is 6.18 Å². The lowest BCUT2D eigenvalue weighted by molar-refractivity contribution is -0.140. The molecule has 1 rings (SSSR count). The van der Waals surface area contributed by atoms with E-state index in [1.165, 1.54) is 19.1 Å². The first-order chi connectivity index (χ1) is 11.1. The molecule has 0 aliphatic carbocycles. The van der Waals surface area contributed by atoms with Gasteiger partial charge in [-0.2, -0.15) is 13.2 Å². The molecule has 6 nitrogen and oxygen atoms in total. The number of ether oxygens (including phenoxy) is 1. The zero-order valence-corrected chi connectivity index (χ0v) is 14.0. The maximum Gasteiger partial charge on any atom is 0.419 e. The van der Waals surface area contributed by atoms with Crippen LogP contribution in [0.3, 0.4) is 0 Å². The molecule has 1 aromatic carbocycles. The number of alkyl halides is 3. The molecule has 0 saturated carbocycles. The summed E-state index contributed by atoms with van der Waals surface area (Å²) in [6.45, 7) is 2.94. The van der Waals surface area contributed by atoms with Crippen LogP contribution in [-0.2, 0) is 21.0 Å². The Hall–Kier alpha value is -1.81. The number of amides is 1. The maximum absolute atomic E-state index is 12.9. The van der Waals surface area contributed by atoms with Crippen molar-refractivity contribution in [1.29, 1.82) is 0 Å². The number of halogens is 3. The summed E-state index contributed by atoms with van der Waals surface area (Å²) >= 11 is 0. The Morgan fingerprint density at radius 1 is 1.29 bits per heavy atom. The lowest BCUT2D eigenvalue weighted by Gasteiger charge is -2.18. The molecule has 136 valence electrons. The third kappa shape index (κ3) is 6.36. The topological polar surface area (TPSA) is 84.5 Å². The molecule has 0 aromatic heterocycles. The molecule has 0 spiro atoms. The van der Waals surface area contributed by atoms with Crippen LogP contribution < -0.4 is 14.8 Å². The fraction of sp³-hybridized carbons (Fsp3) is 0.500. The summed E-state index contributed by atoms with van der Waals surface area (Å²) in [5.41, 5.74) is -0.987. The van der Waals surface area contributed by atoms with Gasteiger partial charge in [-0.05, 0) is 19.1 Å². The monoisotopic (exact) mass is 368 g/mol. The second-order valence-electron chi connectivity index (χ2n) is 4.86. The summed E-state index contributed by atoms with van der Waals surface area (Å²) in [6.07, 6.45) is -5.82. The van der Waals surface area contributed by atoms with Crippen molar-refractivity contribution in [3.05, 3.63) is 29.8 Å². The summed E-state index contributed by atoms with van der Waals surface area (Å²) < 4.78 is 68.7. The number of benzene rings is 1. The Labute approximate surface area is 138 Å². The highest BCUT2D eigenvalue weighted by molar-refractivity contribution is 7.89. The highest BCUT2D eigenvalue weighted by Crippen LogP contribution is 2.36. The number of carbonyl (C=O) groups is 1. The van der Waals surface area contributed by atoms with Crippen LogP contribution in [0.2, 0.25) is 0 Å². The van der Waals surface area contributed by atoms with E-state index < -0.39 is 39.5 Å². The molecule has 1 unspecified atom stereocenters. The summed E-state index contributed by atoms with van der Waals surface area (Å²) in [7, 11) is -3.49. The van der Waals surface area contributed by atoms with Crippen LogP contribution in [0.5, 0.6) is 5.75 Å². The normalized spacial score (nSPS) is 13.4. The van der Waals surface area contributed by atoms with E-state index in [-0.39, 0.29) is 18.8 Å². The number of carbonyl (C=O) groups excluding carboxylic acids is 1. The molecule has 0 saturated heterocycles. The van der Waals surface area contributed by atoms with E-state index in [9.17, 15) is 26.4 Å². The van der Waals surface area contributed by atoms with Crippen molar-refractivity contribution < 1.29 is 31.1 Å². The van der Waals surface area contributed by atoms with Gasteiger partial charge < -0.3 is 10.1 Å². The number of hydrogen-bond acceptors (Lipinski definition) is 4. The third-order valence-corrected chi connectivity index (χ3v) is 4.37. The Morgan fingerprint density at radius 3 is 2.50 bits per heavy atom. The molecule has 1 aromatic rings. The molecule has 0 bridgehead atoms. The Morgan fingerprint density at radius 2 is 1.92 bits per heavy atom. The Balaban J connectivity index is 2.63. The van der Waals surface area contributed by atoms with Gasteiger partial charge in [-0.25, -0.2) is 13.1 Å². The van der Waals surface area contributed by atoms with Gasteiger partial charge in [-0.3, -0.25) is 4.79 Å². The average molecular weight is 368 g/mol. The van der Waals surface area contributed by atoms with E-state index >= 15 is 0 Å². The first-order valence-corrected chi connectivity index (χ1v) is 8.80. The number of para-hydroxylation sites is 1. The minimum absolute atomic E-state index is 0.178. The van der Waals surface area contributed by atoms with Gasteiger partial charge in [0.2, 0.25) is 10.0 Å². The van der Waals surface area contributed by atoms with Crippen molar-refractivity contribution in [1.82, 2.24) is 10.0 Å². The molecule has 24 heavy (non-hydrogen) atoms. The van der Waals surface area contributed by atoms with Crippen molar-refractivity contribution >= 4 is 15.9 Å². The average Bonchev–Trinajstić information content (AvgIpc) is 2.46. The summed E-state index contributed by atoms with van der Waals surface area (Å²) in [5, 5.41) is 2.31. The fourth-order valence-corrected chi connectivity index (χ4v) is 2.75. The van der Waals surface area contributed by atoms with Gasteiger partial charge in [0.1, 0.15) is 5.75 Å².